The molecule has 230 valence electrons. The van der Waals surface area contributed by atoms with Crippen molar-refractivity contribution in [1.82, 2.24) is 10.0 Å². The molecule has 0 aromatic carbocycles. The summed E-state index contributed by atoms with van der Waals surface area (Å²) in [5.74, 6) is 0. The Morgan fingerprint density at radius 2 is 0.711 bits per heavy atom. The number of hydrazine groups is 1. The molecule has 0 fully saturated rings. The molecule has 3 atom stereocenters. The largest absolute Gasteiger partial charge is 0.395 e. The van der Waals surface area contributed by atoms with Crippen LogP contribution in [0.25, 0.3) is 0 Å². The lowest BCUT2D eigenvalue weighted by Crippen LogP contribution is -2.52. The summed E-state index contributed by atoms with van der Waals surface area (Å²) in [4.78, 5) is 0. The molecule has 6 heteroatoms. The number of aliphatic hydroxyl groups is 4. The zero-order valence-electron chi connectivity index (χ0n) is 25.8. The molecule has 3 unspecified atom stereocenters. The van der Waals surface area contributed by atoms with Crippen molar-refractivity contribution in [2.75, 3.05) is 32.8 Å². The highest BCUT2D eigenvalue weighted by molar-refractivity contribution is 4.72. The van der Waals surface area contributed by atoms with Crippen LogP contribution in [0.1, 0.15) is 156 Å². The van der Waals surface area contributed by atoms with Gasteiger partial charge in [-0.1, -0.05) is 136 Å². The Bertz CT molecular complexity index is 445. The fourth-order valence-corrected chi connectivity index (χ4v) is 5.25. The maximum absolute atomic E-state index is 10.9. The third kappa shape index (κ3) is 23.6. The lowest BCUT2D eigenvalue weighted by atomic mass is 10.1. The minimum absolute atomic E-state index is 0.0126. The van der Waals surface area contributed by atoms with Crippen LogP contribution < -0.4 is 0 Å². The summed E-state index contributed by atoms with van der Waals surface area (Å²) >= 11 is 0. The molecule has 0 aliphatic carbocycles. The second-order valence-electron chi connectivity index (χ2n) is 11.6. The molecular weight excluding hydrogens is 476 g/mol. The van der Waals surface area contributed by atoms with Gasteiger partial charge in [0.2, 0.25) is 0 Å². The van der Waals surface area contributed by atoms with Gasteiger partial charge in [-0.25, -0.2) is 10.0 Å². The lowest BCUT2D eigenvalue weighted by Gasteiger charge is -2.38. The van der Waals surface area contributed by atoms with E-state index in [0.717, 1.165) is 57.8 Å². The summed E-state index contributed by atoms with van der Waals surface area (Å²) in [5, 5.41) is 46.3. The van der Waals surface area contributed by atoms with Gasteiger partial charge in [-0.05, 0) is 19.3 Å². The smallest absolute Gasteiger partial charge is 0.0681 e. The number of nitrogens with zero attached hydrogens (tertiary/aromatic N) is 2. The van der Waals surface area contributed by atoms with Crippen LogP contribution in [0.2, 0.25) is 0 Å². The van der Waals surface area contributed by atoms with Crippen molar-refractivity contribution < 1.29 is 20.4 Å². The molecular formula is C32H68N2O4. The van der Waals surface area contributed by atoms with Crippen LogP contribution in [0.3, 0.4) is 0 Å². The fraction of sp³-hybridized carbons (Fsp3) is 1.00. The molecule has 4 N–H and O–H groups in total. The first kappa shape index (κ1) is 37.8. The zero-order chi connectivity index (χ0) is 28.3. The van der Waals surface area contributed by atoms with Gasteiger partial charge in [0.1, 0.15) is 0 Å². The average molecular weight is 545 g/mol. The Morgan fingerprint density at radius 3 is 1.03 bits per heavy atom. The first-order valence-corrected chi connectivity index (χ1v) is 16.6. The molecule has 0 bridgehead atoms. The minimum atomic E-state index is -0.473. The van der Waals surface area contributed by atoms with Gasteiger partial charge in [-0.2, -0.15) is 0 Å². The van der Waals surface area contributed by atoms with Crippen LogP contribution >= 0.6 is 0 Å². The quantitative estimate of drug-likeness (QED) is 0.0585. The molecule has 38 heavy (non-hydrogen) atoms. The molecule has 0 aliphatic heterocycles. The normalized spacial score (nSPS) is 14.4. The molecule has 0 aliphatic rings. The van der Waals surface area contributed by atoms with Crippen molar-refractivity contribution >= 4 is 0 Å². The molecule has 0 spiro atoms. The van der Waals surface area contributed by atoms with Gasteiger partial charge in [0, 0.05) is 26.2 Å². The van der Waals surface area contributed by atoms with Crippen LogP contribution in [0.15, 0.2) is 0 Å². The Morgan fingerprint density at radius 1 is 0.421 bits per heavy atom. The topological polar surface area (TPSA) is 87.4 Å². The lowest BCUT2D eigenvalue weighted by molar-refractivity contribution is -0.101. The standard InChI is InChI=1S/C32H68N2O4/c1-4-7-10-13-16-19-22-30(36)27-33(25-26-35)34(28-31(37)23-20-17-14-11-8-5-2)29-32(38)24-21-18-15-12-9-6-3/h30-32,35-38H,4-29H2,1-3H3. The molecule has 0 rings (SSSR count). The first-order chi connectivity index (χ1) is 18.5. The van der Waals surface area contributed by atoms with Gasteiger partial charge in [0.05, 0.1) is 24.9 Å². The number of unbranched alkanes of at least 4 members (excludes halogenated alkanes) is 15. The van der Waals surface area contributed by atoms with Gasteiger partial charge in [-0.3, -0.25) is 0 Å². The number of hydrogen-bond acceptors (Lipinski definition) is 6. The summed E-state index contributed by atoms with van der Waals surface area (Å²) in [7, 11) is 0. The maximum atomic E-state index is 10.9. The molecule has 0 amide bonds. The van der Waals surface area contributed by atoms with Crippen molar-refractivity contribution in [3.05, 3.63) is 0 Å². The Hall–Kier alpha value is -0.240. The summed E-state index contributed by atoms with van der Waals surface area (Å²) in [6.07, 6.45) is 22.4. The third-order valence-corrected chi connectivity index (χ3v) is 7.70. The molecule has 6 nitrogen and oxygen atoms in total. The summed E-state index contributed by atoms with van der Waals surface area (Å²) in [6, 6.07) is 0. The first-order valence-electron chi connectivity index (χ1n) is 16.6. The maximum Gasteiger partial charge on any atom is 0.0681 e. The van der Waals surface area contributed by atoms with E-state index in [1.807, 2.05) is 10.0 Å². The molecule has 0 heterocycles. The SMILES string of the molecule is CCCCCCCCC(O)CN(CCO)N(CC(O)CCCCCCCC)CC(O)CCCCCCCC. The predicted octanol–water partition coefficient (Wildman–Crippen LogP) is 6.83. The van der Waals surface area contributed by atoms with Gasteiger partial charge < -0.3 is 20.4 Å². The Balaban J connectivity index is 4.86. The van der Waals surface area contributed by atoms with E-state index in [4.69, 9.17) is 0 Å². The molecule has 0 aromatic rings. The monoisotopic (exact) mass is 545 g/mol. The summed E-state index contributed by atoms with van der Waals surface area (Å²) < 4.78 is 0. The van der Waals surface area contributed by atoms with Gasteiger partial charge in [-0.15, -0.1) is 0 Å². The van der Waals surface area contributed by atoms with Crippen molar-refractivity contribution in [2.45, 2.75) is 174 Å². The van der Waals surface area contributed by atoms with Crippen LogP contribution in [-0.4, -0.2) is 81.5 Å². The highest BCUT2D eigenvalue weighted by Gasteiger charge is 2.23. The zero-order valence-corrected chi connectivity index (χ0v) is 25.8. The Labute approximate surface area is 237 Å². The van der Waals surface area contributed by atoms with Crippen LogP contribution in [0.4, 0.5) is 0 Å². The van der Waals surface area contributed by atoms with E-state index >= 15 is 0 Å². The van der Waals surface area contributed by atoms with Crippen molar-refractivity contribution in [2.24, 2.45) is 0 Å². The van der Waals surface area contributed by atoms with Crippen molar-refractivity contribution in [1.29, 1.82) is 0 Å². The highest BCUT2D eigenvalue weighted by atomic mass is 16.3. The Kier molecular flexibility index (Phi) is 28.1. The minimum Gasteiger partial charge on any atom is -0.395 e. The van der Waals surface area contributed by atoms with E-state index in [1.165, 1.54) is 77.0 Å². The third-order valence-electron chi connectivity index (χ3n) is 7.70. The van der Waals surface area contributed by atoms with E-state index in [9.17, 15) is 20.4 Å². The predicted molar refractivity (Wildman–Crippen MR) is 162 cm³/mol. The van der Waals surface area contributed by atoms with E-state index in [0.29, 0.717) is 26.2 Å². The second kappa shape index (κ2) is 28.3. The highest BCUT2D eigenvalue weighted by Crippen LogP contribution is 2.15. The van der Waals surface area contributed by atoms with Crippen LogP contribution in [0, 0.1) is 0 Å². The van der Waals surface area contributed by atoms with Crippen molar-refractivity contribution in [3.63, 3.8) is 0 Å². The van der Waals surface area contributed by atoms with E-state index in [2.05, 4.69) is 20.8 Å². The summed E-state index contributed by atoms with van der Waals surface area (Å²) in [5.41, 5.74) is 0. The van der Waals surface area contributed by atoms with Gasteiger partial charge >= 0.3 is 0 Å². The fourth-order valence-electron chi connectivity index (χ4n) is 5.25. The van der Waals surface area contributed by atoms with Crippen molar-refractivity contribution in [3.8, 4) is 0 Å². The summed E-state index contributed by atoms with van der Waals surface area (Å²) in [6.45, 7) is 8.37. The molecule has 0 aromatic heterocycles. The number of hydrogen-bond donors (Lipinski definition) is 4. The second-order valence-corrected chi connectivity index (χ2v) is 11.6. The van der Waals surface area contributed by atoms with E-state index in [1.54, 1.807) is 0 Å². The number of rotatable bonds is 30. The van der Waals surface area contributed by atoms with Gasteiger partial charge in [0.15, 0.2) is 0 Å². The van der Waals surface area contributed by atoms with Crippen LogP contribution in [-0.2, 0) is 0 Å². The molecule has 0 saturated carbocycles. The molecule has 0 saturated heterocycles. The van der Waals surface area contributed by atoms with Crippen LogP contribution in [0.5, 0.6) is 0 Å². The van der Waals surface area contributed by atoms with E-state index < -0.39 is 18.3 Å². The molecule has 0 radical (unpaired) electrons. The number of aliphatic hydroxyl groups excluding tert-OH is 4. The average Bonchev–Trinajstić information content (AvgIpc) is 2.89. The van der Waals surface area contributed by atoms with E-state index in [-0.39, 0.29) is 6.61 Å². The van der Waals surface area contributed by atoms with Gasteiger partial charge in [0.25, 0.3) is 0 Å².